The number of hydrogen-bond acceptors (Lipinski definition) is 3. The summed E-state index contributed by atoms with van der Waals surface area (Å²) < 4.78 is 1.74. The first-order valence-electron chi connectivity index (χ1n) is 8.75. The fourth-order valence-corrected chi connectivity index (χ4v) is 3.68. The van der Waals surface area contributed by atoms with Crippen molar-refractivity contribution in [3.63, 3.8) is 0 Å². The summed E-state index contributed by atoms with van der Waals surface area (Å²) >= 11 is 0. The first-order chi connectivity index (χ1) is 11.2. The van der Waals surface area contributed by atoms with Gasteiger partial charge >= 0.3 is 0 Å². The van der Waals surface area contributed by atoms with Gasteiger partial charge in [-0.05, 0) is 24.8 Å². The zero-order valence-corrected chi connectivity index (χ0v) is 13.6. The van der Waals surface area contributed by atoms with Gasteiger partial charge in [0, 0.05) is 44.9 Å². The monoisotopic (exact) mass is 318 g/mol. The zero-order chi connectivity index (χ0) is 16.1. The molecule has 1 saturated heterocycles. The van der Waals surface area contributed by atoms with Gasteiger partial charge in [0.25, 0.3) is 0 Å². The summed E-state index contributed by atoms with van der Waals surface area (Å²) in [6.07, 6.45) is 10.8. The molecule has 2 amide bonds. The van der Waals surface area contributed by atoms with Crippen molar-refractivity contribution in [2.75, 3.05) is 13.1 Å². The maximum absolute atomic E-state index is 12.1. The predicted octanol–water partition coefficient (Wildman–Crippen LogP) is 1.57. The Morgan fingerprint density at radius 3 is 2.87 bits per heavy atom. The number of nitrogens with zero attached hydrogens (tertiary/aromatic N) is 3. The molecule has 1 aromatic rings. The van der Waals surface area contributed by atoms with Crippen molar-refractivity contribution in [3.8, 4) is 0 Å². The first-order valence-corrected chi connectivity index (χ1v) is 8.75. The molecule has 2 aliphatic rings. The number of aromatic nitrogens is 2. The molecule has 0 aromatic carbocycles. The number of hydrogen-bond donors (Lipinski definition) is 1. The molecule has 1 N–H and O–H groups in total. The van der Waals surface area contributed by atoms with Gasteiger partial charge in [-0.25, -0.2) is 0 Å². The third-order valence-corrected chi connectivity index (χ3v) is 4.91. The van der Waals surface area contributed by atoms with Gasteiger partial charge in [-0.2, -0.15) is 5.10 Å². The molecule has 23 heavy (non-hydrogen) atoms. The van der Waals surface area contributed by atoms with Crippen LogP contribution in [0, 0.1) is 5.92 Å². The van der Waals surface area contributed by atoms with Gasteiger partial charge in [0.1, 0.15) is 0 Å². The van der Waals surface area contributed by atoms with Gasteiger partial charge in [-0.1, -0.05) is 19.3 Å². The minimum atomic E-state index is -0.0313. The van der Waals surface area contributed by atoms with E-state index in [9.17, 15) is 9.59 Å². The molecule has 1 aromatic heterocycles. The summed E-state index contributed by atoms with van der Waals surface area (Å²) in [6, 6.07) is 1.81. The number of aryl methyl sites for hydroxylation is 1. The van der Waals surface area contributed by atoms with Crippen LogP contribution in [0.5, 0.6) is 0 Å². The highest BCUT2D eigenvalue weighted by atomic mass is 16.2. The second kappa shape index (κ2) is 7.62. The standard InChI is InChI=1S/C17H26N4O2/c22-16(7-10-21-9-4-8-18-21)19-15-11-17(23)20(13-15)12-14-5-2-1-3-6-14/h4,8-9,14-15H,1-3,5-7,10-13H2,(H,19,22)/t15-/m1/s1. The third kappa shape index (κ3) is 4.56. The molecular formula is C17H26N4O2. The van der Waals surface area contributed by atoms with Gasteiger partial charge in [0.15, 0.2) is 0 Å². The van der Waals surface area contributed by atoms with E-state index in [0.29, 0.717) is 31.8 Å². The third-order valence-electron chi connectivity index (χ3n) is 4.91. The van der Waals surface area contributed by atoms with Crippen molar-refractivity contribution in [2.45, 2.75) is 57.5 Å². The number of carbonyl (C=O) groups is 2. The minimum Gasteiger partial charge on any atom is -0.351 e. The van der Waals surface area contributed by atoms with Crippen LogP contribution in [0.25, 0.3) is 0 Å². The van der Waals surface area contributed by atoms with Crippen LogP contribution in [0.3, 0.4) is 0 Å². The molecule has 1 aliphatic carbocycles. The summed E-state index contributed by atoms with van der Waals surface area (Å²) in [5, 5.41) is 7.08. The average molecular weight is 318 g/mol. The highest BCUT2D eigenvalue weighted by Crippen LogP contribution is 2.26. The SMILES string of the molecule is O=C(CCn1cccn1)N[C@@H]1CC(=O)N(CC2CCCCC2)C1. The molecule has 0 unspecified atom stereocenters. The van der Waals surface area contributed by atoms with Crippen LogP contribution >= 0.6 is 0 Å². The van der Waals surface area contributed by atoms with E-state index in [0.717, 1.165) is 6.54 Å². The maximum Gasteiger partial charge on any atom is 0.224 e. The number of rotatable bonds is 6. The van der Waals surface area contributed by atoms with Crippen molar-refractivity contribution in [1.82, 2.24) is 20.0 Å². The molecule has 0 radical (unpaired) electrons. The lowest BCUT2D eigenvalue weighted by Gasteiger charge is -2.27. The topological polar surface area (TPSA) is 67.2 Å². The van der Waals surface area contributed by atoms with Crippen LogP contribution in [0.1, 0.15) is 44.9 Å². The van der Waals surface area contributed by atoms with Crippen molar-refractivity contribution in [2.24, 2.45) is 5.92 Å². The Kier molecular flexibility index (Phi) is 5.31. The van der Waals surface area contributed by atoms with Gasteiger partial charge in [0.2, 0.25) is 11.8 Å². The molecule has 1 saturated carbocycles. The normalized spacial score (nSPS) is 22.5. The number of likely N-dealkylation sites (tertiary alicyclic amines) is 1. The van der Waals surface area contributed by atoms with Gasteiger partial charge in [-0.3, -0.25) is 14.3 Å². The molecule has 0 bridgehead atoms. The lowest BCUT2D eigenvalue weighted by atomic mass is 9.89. The van der Waals surface area contributed by atoms with E-state index in [1.54, 1.807) is 10.9 Å². The van der Waals surface area contributed by atoms with Crippen molar-refractivity contribution >= 4 is 11.8 Å². The van der Waals surface area contributed by atoms with E-state index in [4.69, 9.17) is 0 Å². The van der Waals surface area contributed by atoms with Crippen LogP contribution in [0.4, 0.5) is 0 Å². The summed E-state index contributed by atoms with van der Waals surface area (Å²) in [5.74, 6) is 0.840. The van der Waals surface area contributed by atoms with Crippen LogP contribution in [0.15, 0.2) is 18.5 Å². The zero-order valence-electron chi connectivity index (χ0n) is 13.6. The summed E-state index contributed by atoms with van der Waals surface area (Å²) in [5.41, 5.74) is 0. The lowest BCUT2D eigenvalue weighted by molar-refractivity contribution is -0.128. The Hall–Kier alpha value is -1.85. The smallest absolute Gasteiger partial charge is 0.224 e. The summed E-state index contributed by atoms with van der Waals surface area (Å²) in [4.78, 5) is 26.1. The van der Waals surface area contributed by atoms with E-state index in [1.165, 1.54) is 32.1 Å². The van der Waals surface area contributed by atoms with Crippen LogP contribution in [0.2, 0.25) is 0 Å². The van der Waals surface area contributed by atoms with Crippen molar-refractivity contribution in [1.29, 1.82) is 0 Å². The fourth-order valence-electron chi connectivity index (χ4n) is 3.68. The Morgan fingerprint density at radius 2 is 2.13 bits per heavy atom. The molecule has 6 nitrogen and oxygen atoms in total. The molecule has 6 heteroatoms. The Bertz CT molecular complexity index is 523. The fraction of sp³-hybridized carbons (Fsp3) is 0.706. The summed E-state index contributed by atoms with van der Waals surface area (Å²) in [6.45, 7) is 2.12. The van der Waals surface area contributed by atoms with Crippen LogP contribution in [-0.4, -0.2) is 45.6 Å². The molecule has 2 heterocycles. The van der Waals surface area contributed by atoms with E-state index in [-0.39, 0.29) is 17.9 Å². The Labute approximate surface area is 137 Å². The number of nitrogens with one attached hydrogen (secondary N) is 1. The van der Waals surface area contributed by atoms with E-state index in [1.807, 2.05) is 17.2 Å². The summed E-state index contributed by atoms with van der Waals surface area (Å²) in [7, 11) is 0. The molecule has 1 atom stereocenters. The highest BCUT2D eigenvalue weighted by molar-refractivity contribution is 5.82. The molecule has 1 aliphatic heterocycles. The van der Waals surface area contributed by atoms with Crippen LogP contribution < -0.4 is 5.32 Å². The Balaban J connectivity index is 1.40. The minimum absolute atomic E-state index is 0.00202. The molecule has 126 valence electrons. The van der Waals surface area contributed by atoms with Gasteiger partial charge in [-0.15, -0.1) is 0 Å². The predicted molar refractivity (Wildman–Crippen MR) is 86.5 cm³/mol. The number of amides is 2. The quantitative estimate of drug-likeness (QED) is 0.866. The van der Waals surface area contributed by atoms with Crippen molar-refractivity contribution in [3.05, 3.63) is 18.5 Å². The second-order valence-electron chi connectivity index (χ2n) is 6.79. The largest absolute Gasteiger partial charge is 0.351 e. The van der Waals surface area contributed by atoms with Crippen LogP contribution in [-0.2, 0) is 16.1 Å². The maximum atomic E-state index is 12.1. The molecule has 2 fully saturated rings. The average Bonchev–Trinajstić information content (AvgIpc) is 3.17. The van der Waals surface area contributed by atoms with E-state index >= 15 is 0 Å². The molecular weight excluding hydrogens is 292 g/mol. The van der Waals surface area contributed by atoms with Crippen molar-refractivity contribution < 1.29 is 9.59 Å². The van der Waals surface area contributed by atoms with E-state index in [2.05, 4.69) is 10.4 Å². The first kappa shape index (κ1) is 16.0. The van der Waals surface area contributed by atoms with Gasteiger partial charge < -0.3 is 10.2 Å². The lowest BCUT2D eigenvalue weighted by Crippen LogP contribution is -2.38. The number of carbonyl (C=O) groups excluding carboxylic acids is 2. The van der Waals surface area contributed by atoms with Gasteiger partial charge in [0.05, 0.1) is 6.04 Å². The molecule has 0 spiro atoms. The highest BCUT2D eigenvalue weighted by Gasteiger charge is 2.32. The van der Waals surface area contributed by atoms with E-state index < -0.39 is 0 Å². The molecule has 3 rings (SSSR count). The second-order valence-corrected chi connectivity index (χ2v) is 6.79. The Morgan fingerprint density at radius 1 is 1.30 bits per heavy atom.